The molecule has 3 aromatic heterocycles. The molecule has 33 heavy (non-hydrogen) atoms. The number of pyridine rings is 1. The third-order valence-corrected chi connectivity index (χ3v) is 5.63. The van der Waals surface area contributed by atoms with Gasteiger partial charge in [-0.2, -0.15) is 0 Å². The van der Waals surface area contributed by atoms with Gasteiger partial charge in [-0.05, 0) is 62.8 Å². The first-order valence-corrected chi connectivity index (χ1v) is 11.5. The zero-order valence-electron chi connectivity index (χ0n) is 19.4. The average Bonchev–Trinajstić information content (AvgIpc) is 3.51. The number of aliphatic hydroxyl groups is 1. The van der Waals surface area contributed by atoms with Crippen molar-refractivity contribution in [3.8, 4) is 29.1 Å². The number of nitrogens with two attached hydrogens (primary N) is 1. The second-order valence-electron chi connectivity index (χ2n) is 8.79. The molecule has 1 aliphatic carbocycles. The van der Waals surface area contributed by atoms with Crippen LogP contribution in [0.15, 0.2) is 10.8 Å². The molecule has 3 heterocycles. The summed E-state index contributed by atoms with van der Waals surface area (Å²) in [6, 6.07) is 0.637. The molecule has 0 aromatic carbocycles. The normalized spacial score (nSPS) is 14.5. The van der Waals surface area contributed by atoms with Crippen LogP contribution in [0.3, 0.4) is 0 Å². The minimum Gasteiger partial charge on any atom is -0.490 e. The zero-order chi connectivity index (χ0) is 23.4. The number of rotatable bonds is 8. The van der Waals surface area contributed by atoms with Gasteiger partial charge >= 0.3 is 0 Å². The lowest BCUT2D eigenvalue weighted by atomic mass is 10.1. The summed E-state index contributed by atoms with van der Waals surface area (Å²) in [5, 5.41) is 21.2. The number of nitrogens with zero attached hydrogens (tertiary/aromatic N) is 5. The number of imidazole rings is 1. The van der Waals surface area contributed by atoms with Gasteiger partial charge in [0.05, 0.1) is 12.8 Å². The largest absolute Gasteiger partial charge is 0.490 e. The van der Waals surface area contributed by atoms with Crippen LogP contribution in [-0.4, -0.2) is 54.7 Å². The van der Waals surface area contributed by atoms with Crippen LogP contribution < -0.4 is 15.8 Å². The van der Waals surface area contributed by atoms with Crippen molar-refractivity contribution in [3.05, 3.63) is 11.9 Å². The maximum Gasteiger partial charge on any atom is 0.199 e. The molecule has 1 aliphatic rings. The molecule has 4 rings (SSSR count). The van der Waals surface area contributed by atoms with Gasteiger partial charge in [0.15, 0.2) is 23.1 Å². The van der Waals surface area contributed by atoms with Crippen LogP contribution in [0, 0.1) is 11.8 Å². The Labute approximate surface area is 192 Å². The summed E-state index contributed by atoms with van der Waals surface area (Å²) in [6.45, 7) is 7.27. The van der Waals surface area contributed by atoms with Gasteiger partial charge < -0.3 is 25.5 Å². The predicted octanol–water partition coefficient (Wildman–Crippen LogP) is 2.51. The van der Waals surface area contributed by atoms with Crippen LogP contribution in [0.5, 0.6) is 5.75 Å². The first-order chi connectivity index (χ1) is 15.9. The lowest BCUT2D eigenvalue weighted by Crippen LogP contribution is -2.27. The lowest BCUT2D eigenvalue weighted by Gasteiger charge is -2.13. The molecular formula is C23H31N7O3. The van der Waals surface area contributed by atoms with Gasteiger partial charge in [0.1, 0.15) is 22.3 Å². The Bertz CT molecular complexity index is 1160. The van der Waals surface area contributed by atoms with Crippen LogP contribution in [-0.2, 0) is 6.54 Å². The fraction of sp³-hybridized carbons (Fsp3) is 0.565. The van der Waals surface area contributed by atoms with Crippen LogP contribution >= 0.6 is 0 Å². The summed E-state index contributed by atoms with van der Waals surface area (Å²) in [4.78, 5) is 9.20. The van der Waals surface area contributed by atoms with Crippen molar-refractivity contribution in [3.63, 3.8) is 0 Å². The fourth-order valence-corrected chi connectivity index (χ4v) is 4.05. The van der Waals surface area contributed by atoms with Crippen molar-refractivity contribution < 1.29 is 14.5 Å². The SMILES string of the molecule is CCn1c(-c2nonc2N)nc2c(C#CC(C)(C)O)ncc(OCCCNC3CCCC3)c21. The molecule has 1 saturated carbocycles. The van der Waals surface area contributed by atoms with E-state index in [-0.39, 0.29) is 5.82 Å². The second-order valence-corrected chi connectivity index (χ2v) is 8.79. The monoisotopic (exact) mass is 453 g/mol. The Morgan fingerprint density at radius 2 is 2.12 bits per heavy atom. The van der Waals surface area contributed by atoms with E-state index in [0.717, 1.165) is 18.5 Å². The van der Waals surface area contributed by atoms with Gasteiger partial charge in [0.2, 0.25) is 0 Å². The van der Waals surface area contributed by atoms with E-state index in [2.05, 4.69) is 32.5 Å². The standard InChI is InChI=1S/C23H31N7O3/c1-4-30-20-17(32-13-7-12-25-15-8-5-6-9-15)14-26-16(10-11-23(2,3)31)18(20)27-22(30)19-21(24)29-33-28-19/h14-15,25,31H,4-9,12-13H2,1-3H3,(H2,24,29). The van der Waals surface area contributed by atoms with Crippen molar-refractivity contribution in [1.82, 2.24) is 30.2 Å². The number of nitrogens with one attached hydrogen (secondary N) is 1. The van der Waals surface area contributed by atoms with Crippen LogP contribution in [0.4, 0.5) is 5.82 Å². The Kier molecular flexibility index (Phi) is 6.81. The number of fused-ring (bicyclic) bond motifs is 1. The quantitative estimate of drug-likeness (QED) is 0.347. The molecule has 1 fully saturated rings. The number of hydrogen-bond acceptors (Lipinski definition) is 9. The fourth-order valence-electron chi connectivity index (χ4n) is 4.05. The lowest BCUT2D eigenvalue weighted by molar-refractivity contribution is 0.143. The summed E-state index contributed by atoms with van der Waals surface area (Å²) < 4.78 is 12.9. The van der Waals surface area contributed by atoms with E-state index in [0.29, 0.717) is 47.7 Å². The third kappa shape index (κ3) is 5.26. The van der Waals surface area contributed by atoms with Crippen LogP contribution in [0.2, 0.25) is 0 Å². The first-order valence-electron chi connectivity index (χ1n) is 11.5. The van der Waals surface area contributed by atoms with Crippen molar-refractivity contribution in [1.29, 1.82) is 0 Å². The van der Waals surface area contributed by atoms with Crippen molar-refractivity contribution in [2.75, 3.05) is 18.9 Å². The highest BCUT2D eigenvalue weighted by Crippen LogP contribution is 2.33. The Morgan fingerprint density at radius 1 is 1.33 bits per heavy atom. The summed E-state index contributed by atoms with van der Waals surface area (Å²) in [5.41, 5.74) is 6.86. The molecular weight excluding hydrogens is 422 g/mol. The van der Waals surface area contributed by atoms with Crippen molar-refractivity contribution in [2.24, 2.45) is 0 Å². The molecule has 176 valence electrons. The molecule has 10 nitrogen and oxygen atoms in total. The molecule has 4 N–H and O–H groups in total. The summed E-state index contributed by atoms with van der Waals surface area (Å²) in [5.74, 6) is 7.00. The van der Waals surface area contributed by atoms with Gasteiger partial charge in [-0.25, -0.2) is 14.6 Å². The van der Waals surface area contributed by atoms with Crippen molar-refractivity contribution >= 4 is 16.9 Å². The molecule has 0 atom stereocenters. The van der Waals surface area contributed by atoms with Crippen LogP contribution in [0.1, 0.15) is 58.6 Å². The van der Waals surface area contributed by atoms with E-state index in [4.69, 9.17) is 20.1 Å². The Morgan fingerprint density at radius 3 is 2.79 bits per heavy atom. The van der Waals surface area contributed by atoms with Gasteiger partial charge in [0, 0.05) is 12.6 Å². The van der Waals surface area contributed by atoms with E-state index in [1.54, 1.807) is 20.0 Å². The number of hydrogen-bond donors (Lipinski definition) is 3. The maximum atomic E-state index is 10.0. The van der Waals surface area contributed by atoms with Crippen molar-refractivity contribution in [2.45, 2.75) is 71.1 Å². The van der Waals surface area contributed by atoms with Gasteiger partial charge in [-0.1, -0.05) is 18.8 Å². The topological polar surface area (TPSA) is 137 Å². The van der Waals surface area contributed by atoms with E-state index in [9.17, 15) is 5.11 Å². The molecule has 0 saturated heterocycles. The molecule has 0 unspecified atom stereocenters. The zero-order valence-corrected chi connectivity index (χ0v) is 19.4. The van der Waals surface area contributed by atoms with Gasteiger partial charge in [0.25, 0.3) is 0 Å². The van der Waals surface area contributed by atoms with E-state index >= 15 is 0 Å². The van der Waals surface area contributed by atoms with Crippen LogP contribution in [0.25, 0.3) is 22.6 Å². The number of anilines is 1. The second kappa shape index (κ2) is 9.77. The van der Waals surface area contributed by atoms with E-state index in [1.165, 1.54) is 25.7 Å². The molecule has 3 aromatic rings. The summed E-state index contributed by atoms with van der Waals surface area (Å²) >= 11 is 0. The Hall–Kier alpha value is -3.16. The molecule has 0 spiro atoms. The third-order valence-electron chi connectivity index (χ3n) is 5.63. The highest BCUT2D eigenvalue weighted by molar-refractivity contribution is 5.89. The molecule has 10 heteroatoms. The summed E-state index contributed by atoms with van der Waals surface area (Å²) in [6.07, 6.45) is 7.69. The number of aryl methyl sites for hydroxylation is 1. The molecule has 0 aliphatic heterocycles. The Balaban J connectivity index is 1.65. The predicted molar refractivity (Wildman–Crippen MR) is 124 cm³/mol. The number of nitrogen functional groups attached to an aromatic ring is 1. The molecule has 0 bridgehead atoms. The van der Waals surface area contributed by atoms with Gasteiger partial charge in [-0.15, -0.1) is 0 Å². The first kappa shape index (κ1) is 23.0. The maximum absolute atomic E-state index is 10.0. The van der Waals surface area contributed by atoms with E-state index < -0.39 is 5.60 Å². The average molecular weight is 454 g/mol. The highest BCUT2D eigenvalue weighted by Gasteiger charge is 2.23. The minimum absolute atomic E-state index is 0.151. The van der Waals surface area contributed by atoms with Gasteiger partial charge in [-0.3, -0.25) is 0 Å². The van der Waals surface area contributed by atoms with E-state index in [1.807, 2.05) is 11.5 Å². The minimum atomic E-state index is -1.16. The highest BCUT2D eigenvalue weighted by atomic mass is 16.6. The summed E-state index contributed by atoms with van der Waals surface area (Å²) in [7, 11) is 0. The smallest absolute Gasteiger partial charge is 0.199 e. The number of ether oxygens (including phenoxy) is 1. The number of aromatic nitrogens is 5. The molecule has 0 radical (unpaired) electrons. The molecule has 0 amide bonds.